The van der Waals surface area contributed by atoms with Crippen LogP contribution in [0, 0.1) is 5.92 Å². The molecule has 0 aliphatic heterocycles. The Morgan fingerprint density at radius 2 is 2.10 bits per heavy atom. The summed E-state index contributed by atoms with van der Waals surface area (Å²) in [4.78, 5) is 22.9. The minimum absolute atomic E-state index is 0.280. The number of hydrazone groups is 1. The van der Waals surface area contributed by atoms with Gasteiger partial charge in [0.1, 0.15) is 5.75 Å². The summed E-state index contributed by atoms with van der Waals surface area (Å²) < 4.78 is 5.88. The van der Waals surface area contributed by atoms with Crippen LogP contribution in [0.4, 0.5) is 0 Å². The number of nitrogens with one attached hydrogen (secondary N) is 2. The predicted octanol–water partition coefficient (Wildman–Crippen LogP) is 1.68. The molecule has 2 N–H and O–H groups in total. The first-order valence-electron chi connectivity index (χ1n) is 6.38. The highest BCUT2D eigenvalue weighted by Gasteiger charge is 2.12. The van der Waals surface area contributed by atoms with E-state index in [2.05, 4.69) is 31.8 Å². The highest BCUT2D eigenvalue weighted by atomic mass is 79.9. The maximum atomic E-state index is 11.4. The maximum absolute atomic E-state index is 11.4. The lowest BCUT2D eigenvalue weighted by Gasteiger charge is -2.06. The molecule has 7 heteroatoms. The van der Waals surface area contributed by atoms with Gasteiger partial charge in [-0.3, -0.25) is 9.59 Å². The summed E-state index contributed by atoms with van der Waals surface area (Å²) in [6.07, 6.45) is 1.44. The number of rotatable bonds is 5. The van der Waals surface area contributed by atoms with E-state index < -0.39 is 11.8 Å². The first-order chi connectivity index (χ1) is 9.93. The molecule has 0 spiro atoms. The quantitative estimate of drug-likeness (QED) is 0.479. The van der Waals surface area contributed by atoms with Crippen LogP contribution >= 0.6 is 15.9 Å². The smallest absolute Gasteiger partial charge is 0.329 e. The van der Waals surface area contributed by atoms with Gasteiger partial charge in [0, 0.05) is 6.54 Å². The molecule has 0 aromatic heterocycles. The molecule has 0 fully saturated rings. The summed E-state index contributed by atoms with van der Waals surface area (Å²) in [5.41, 5.74) is 2.93. The van der Waals surface area contributed by atoms with E-state index in [1.165, 1.54) is 6.21 Å². The molecule has 0 unspecified atom stereocenters. The van der Waals surface area contributed by atoms with Crippen molar-refractivity contribution in [2.24, 2.45) is 11.0 Å². The zero-order chi connectivity index (χ0) is 15.8. The van der Waals surface area contributed by atoms with E-state index in [0.717, 1.165) is 10.0 Å². The van der Waals surface area contributed by atoms with Crippen LogP contribution in [0.3, 0.4) is 0 Å². The average molecular weight is 356 g/mol. The lowest BCUT2D eigenvalue weighted by atomic mass is 10.2. The summed E-state index contributed by atoms with van der Waals surface area (Å²) in [7, 11) is 1.57. The number of hydrogen-bond donors (Lipinski definition) is 2. The molecule has 0 aliphatic rings. The molecule has 0 atom stereocenters. The second kappa shape index (κ2) is 8.41. The summed E-state index contributed by atoms with van der Waals surface area (Å²) in [5, 5.41) is 6.25. The van der Waals surface area contributed by atoms with Crippen molar-refractivity contribution in [1.82, 2.24) is 10.7 Å². The van der Waals surface area contributed by atoms with Crippen LogP contribution < -0.4 is 15.5 Å². The van der Waals surface area contributed by atoms with E-state index in [0.29, 0.717) is 12.3 Å². The highest BCUT2D eigenvalue weighted by Crippen LogP contribution is 2.24. The topological polar surface area (TPSA) is 79.8 Å². The number of benzene rings is 1. The zero-order valence-corrected chi connectivity index (χ0v) is 13.7. The fourth-order valence-electron chi connectivity index (χ4n) is 1.36. The van der Waals surface area contributed by atoms with Crippen molar-refractivity contribution in [3.63, 3.8) is 0 Å². The number of ether oxygens (including phenoxy) is 1. The number of methoxy groups -OCH3 is 1. The van der Waals surface area contributed by atoms with E-state index in [1.807, 2.05) is 13.8 Å². The Labute approximate surface area is 132 Å². The van der Waals surface area contributed by atoms with E-state index in [9.17, 15) is 9.59 Å². The van der Waals surface area contributed by atoms with Crippen molar-refractivity contribution in [2.75, 3.05) is 13.7 Å². The van der Waals surface area contributed by atoms with Crippen molar-refractivity contribution in [1.29, 1.82) is 0 Å². The monoisotopic (exact) mass is 355 g/mol. The summed E-state index contributed by atoms with van der Waals surface area (Å²) in [5.74, 6) is -0.512. The molecule has 21 heavy (non-hydrogen) atoms. The number of carbonyl (C=O) groups is 2. The van der Waals surface area contributed by atoms with Crippen molar-refractivity contribution in [3.05, 3.63) is 28.2 Å². The van der Waals surface area contributed by atoms with Crippen LogP contribution in [0.2, 0.25) is 0 Å². The van der Waals surface area contributed by atoms with Crippen molar-refractivity contribution >= 4 is 34.0 Å². The normalized spacial score (nSPS) is 10.7. The SMILES string of the molecule is COc1ccc(/C=N\NC(=O)C(=O)NCC(C)C)cc1Br. The molecule has 0 aliphatic carbocycles. The van der Waals surface area contributed by atoms with E-state index >= 15 is 0 Å². The lowest BCUT2D eigenvalue weighted by Crippen LogP contribution is -2.39. The van der Waals surface area contributed by atoms with Gasteiger partial charge in [-0.05, 0) is 45.6 Å². The van der Waals surface area contributed by atoms with Gasteiger partial charge in [-0.25, -0.2) is 5.43 Å². The maximum Gasteiger partial charge on any atom is 0.329 e. The van der Waals surface area contributed by atoms with Crippen molar-refractivity contribution in [3.8, 4) is 5.75 Å². The molecule has 1 rings (SSSR count). The number of amides is 2. The lowest BCUT2D eigenvalue weighted by molar-refractivity contribution is -0.139. The summed E-state index contributed by atoms with van der Waals surface area (Å²) in [6, 6.07) is 5.33. The van der Waals surface area contributed by atoms with Gasteiger partial charge in [-0.15, -0.1) is 0 Å². The molecule has 0 heterocycles. The van der Waals surface area contributed by atoms with E-state index in [-0.39, 0.29) is 5.92 Å². The summed E-state index contributed by atoms with van der Waals surface area (Å²) >= 11 is 3.35. The van der Waals surface area contributed by atoms with Crippen LogP contribution in [0.1, 0.15) is 19.4 Å². The number of carbonyl (C=O) groups excluding carboxylic acids is 2. The first kappa shape index (κ1) is 17.2. The Morgan fingerprint density at radius 1 is 1.38 bits per heavy atom. The first-order valence-corrected chi connectivity index (χ1v) is 7.18. The molecule has 0 saturated carbocycles. The van der Waals surface area contributed by atoms with Crippen LogP contribution in [0.15, 0.2) is 27.8 Å². The molecule has 1 aromatic carbocycles. The second-order valence-electron chi connectivity index (χ2n) is 4.70. The van der Waals surface area contributed by atoms with Gasteiger partial charge in [-0.2, -0.15) is 5.10 Å². The summed E-state index contributed by atoms with van der Waals surface area (Å²) in [6.45, 7) is 4.33. The van der Waals surface area contributed by atoms with Crippen molar-refractivity contribution < 1.29 is 14.3 Å². The molecule has 2 amide bonds. The molecule has 0 saturated heterocycles. The van der Waals surface area contributed by atoms with Crippen molar-refractivity contribution in [2.45, 2.75) is 13.8 Å². The molecule has 0 radical (unpaired) electrons. The van der Waals surface area contributed by atoms with Crippen LogP contribution in [-0.2, 0) is 9.59 Å². The molecule has 1 aromatic rings. The molecule has 0 bridgehead atoms. The average Bonchev–Trinajstić information content (AvgIpc) is 2.44. The minimum Gasteiger partial charge on any atom is -0.496 e. The Kier molecular flexibility index (Phi) is 6.87. The molecular formula is C14H18BrN3O3. The standard InChI is InChI=1S/C14H18BrN3O3/c1-9(2)7-16-13(19)14(20)18-17-8-10-4-5-12(21-3)11(15)6-10/h4-6,8-9H,7H2,1-3H3,(H,16,19)(H,18,20)/b17-8-. The van der Waals surface area contributed by atoms with Crippen LogP contribution in [0.5, 0.6) is 5.75 Å². The molecular weight excluding hydrogens is 338 g/mol. The van der Waals surface area contributed by atoms with E-state index in [1.54, 1.807) is 25.3 Å². The fourth-order valence-corrected chi connectivity index (χ4v) is 1.91. The Morgan fingerprint density at radius 3 is 2.67 bits per heavy atom. The number of hydrogen-bond acceptors (Lipinski definition) is 4. The molecule has 6 nitrogen and oxygen atoms in total. The number of halogens is 1. The van der Waals surface area contributed by atoms with Crippen LogP contribution in [0.25, 0.3) is 0 Å². The van der Waals surface area contributed by atoms with Gasteiger partial charge in [0.2, 0.25) is 0 Å². The predicted molar refractivity (Wildman–Crippen MR) is 84.3 cm³/mol. The number of nitrogens with zero attached hydrogens (tertiary/aromatic N) is 1. The fraction of sp³-hybridized carbons (Fsp3) is 0.357. The third-order valence-corrected chi connectivity index (χ3v) is 3.05. The highest BCUT2D eigenvalue weighted by molar-refractivity contribution is 9.10. The Bertz CT molecular complexity index is 544. The Hall–Kier alpha value is -1.89. The van der Waals surface area contributed by atoms with Gasteiger partial charge < -0.3 is 10.1 Å². The molecule has 114 valence electrons. The van der Waals surface area contributed by atoms with Gasteiger partial charge in [0.15, 0.2) is 0 Å². The van der Waals surface area contributed by atoms with Gasteiger partial charge >= 0.3 is 11.8 Å². The minimum atomic E-state index is -0.792. The third kappa shape index (κ3) is 5.95. The third-order valence-electron chi connectivity index (χ3n) is 2.43. The van der Waals surface area contributed by atoms with E-state index in [4.69, 9.17) is 4.74 Å². The largest absolute Gasteiger partial charge is 0.496 e. The zero-order valence-electron chi connectivity index (χ0n) is 12.1. The van der Waals surface area contributed by atoms with Gasteiger partial charge in [-0.1, -0.05) is 13.8 Å². The van der Waals surface area contributed by atoms with Crippen LogP contribution in [-0.4, -0.2) is 31.7 Å². The van der Waals surface area contributed by atoms with Gasteiger partial charge in [0.05, 0.1) is 17.8 Å². The Balaban J connectivity index is 2.52. The van der Waals surface area contributed by atoms with Gasteiger partial charge in [0.25, 0.3) is 0 Å². The second-order valence-corrected chi connectivity index (χ2v) is 5.55.